The third-order valence-electron chi connectivity index (χ3n) is 4.31. The van der Waals surface area contributed by atoms with Crippen LogP contribution in [0, 0.1) is 0 Å². The maximum atomic E-state index is 12.5. The van der Waals surface area contributed by atoms with E-state index in [1.807, 2.05) is 0 Å². The topological polar surface area (TPSA) is 124 Å². The van der Waals surface area contributed by atoms with Crippen molar-refractivity contribution in [3.8, 4) is 17.2 Å². The second-order valence-electron chi connectivity index (χ2n) is 5.85. The molecule has 0 bridgehead atoms. The average Bonchev–Trinajstić information content (AvgIpc) is 3.15. The highest BCUT2D eigenvalue weighted by Crippen LogP contribution is 2.44. The van der Waals surface area contributed by atoms with Gasteiger partial charge in [0.15, 0.2) is 11.5 Å². The highest BCUT2D eigenvalue weighted by molar-refractivity contribution is 6.32. The summed E-state index contributed by atoms with van der Waals surface area (Å²) in [5.74, 6) is -2.40. The Morgan fingerprint density at radius 3 is 2.71 bits per heavy atom. The quantitative estimate of drug-likeness (QED) is 0.718. The Labute approximate surface area is 163 Å². The van der Waals surface area contributed by atoms with Gasteiger partial charge in [0, 0.05) is 12.1 Å². The van der Waals surface area contributed by atoms with Gasteiger partial charge in [-0.2, -0.15) is 0 Å². The van der Waals surface area contributed by atoms with Gasteiger partial charge in [0.1, 0.15) is 11.3 Å². The van der Waals surface area contributed by atoms with Crippen LogP contribution >= 0.6 is 11.6 Å². The fraction of sp³-hybridized carbons (Fsp3) is 0.278. The number of hydrogen-bond acceptors (Lipinski definition) is 8. The van der Waals surface area contributed by atoms with E-state index in [0.717, 1.165) is 13.3 Å². The van der Waals surface area contributed by atoms with E-state index < -0.39 is 29.2 Å². The fourth-order valence-electron chi connectivity index (χ4n) is 2.95. The van der Waals surface area contributed by atoms with Gasteiger partial charge in [-0.15, -0.1) is 0 Å². The summed E-state index contributed by atoms with van der Waals surface area (Å²) in [6.45, 7) is -0.0240. The molecule has 0 spiro atoms. The van der Waals surface area contributed by atoms with Crippen molar-refractivity contribution in [3.63, 3.8) is 0 Å². The second-order valence-corrected chi connectivity index (χ2v) is 6.26. The van der Waals surface area contributed by atoms with Gasteiger partial charge in [0.2, 0.25) is 6.79 Å². The van der Waals surface area contributed by atoms with Gasteiger partial charge in [-0.05, 0) is 17.7 Å². The number of methoxy groups -OCH3 is 2. The van der Waals surface area contributed by atoms with Gasteiger partial charge in [0.05, 0.1) is 31.2 Å². The molecule has 1 aliphatic rings. The first kappa shape index (κ1) is 19.6. The summed E-state index contributed by atoms with van der Waals surface area (Å²) in [6.07, 6.45) is 0.739. The number of aromatic hydroxyl groups is 1. The van der Waals surface area contributed by atoms with Crippen LogP contribution in [0.2, 0.25) is 5.02 Å². The molecular weight excluding hydrogens is 394 g/mol. The van der Waals surface area contributed by atoms with Crippen LogP contribution in [0.15, 0.2) is 23.1 Å². The number of carbonyl (C=O) groups excluding carboxylic acids is 2. The number of esters is 2. The maximum Gasteiger partial charge on any atom is 0.343 e. The lowest BCUT2D eigenvalue weighted by molar-refractivity contribution is -0.140. The largest absolute Gasteiger partial charge is 0.506 e. The van der Waals surface area contributed by atoms with Crippen molar-refractivity contribution in [2.45, 2.75) is 12.3 Å². The van der Waals surface area contributed by atoms with Crippen LogP contribution in [-0.2, 0) is 14.3 Å². The minimum atomic E-state index is -0.979. The van der Waals surface area contributed by atoms with Crippen molar-refractivity contribution in [1.82, 2.24) is 4.98 Å². The van der Waals surface area contributed by atoms with Crippen molar-refractivity contribution in [3.05, 3.63) is 50.4 Å². The van der Waals surface area contributed by atoms with E-state index in [-0.39, 0.29) is 29.4 Å². The Morgan fingerprint density at radius 2 is 2.04 bits per heavy atom. The van der Waals surface area contributed by atoms with Gasteiger partial charge >= 0.3 is 11.9 Å². The zero-order chi connectivity index (χ0) is 20.4. The van der Waals surface area contributed by atoms with Crippen LogP contribution in [0.1, 0.15) is 33.8 Å². The summed E-state index contributed by atoms with van der Waals surface area (Å²) in [4.78, 5) is 38.8. The molecule has 0 aliphatic carbocycles. The predicted octanol–water partition coefficient (Wildman–Crippen LogP) is 1.94. The van der Waals surface area contributed by atoms with Crippen LogP contribution in [0.5, 0.6) is 17.2 Å². The summed E-state index contributed by atoms with van der Waals surface area (Å²) < 4.78 is 19.9. The van der Waals surface area contributed by atoms with E-state index in [1.54, 1.807) is 6.07 Å². The number of aromatic amines is 1. The SMILES string of the molecule is COC(=O)C[C@@H](c1cc(Cl)c2c(c1)OCO2)c1c(O)c(C(=O)OC)c[nH]c1=O. The number of ether oxygens (including phenoxy) is 4. The Kier molecular flexibility index (Phi) is 5.46. The first-order valence-electron chi connectivity index (χ1n) is 8.06. The van der Waals surface area contributed by atoms with Crippen LogP contribution < -0.4 is 15.0 Å². The lowest BCUT2D eigenvalue weighted by Crippen LogP contribution is -2.22. The number of aromatic nitrogens is 1. The molecule has 1 aromatic carbocycles. The molecule has 0 amide bonds. The van der Waals surface area contributed by atoms with Crippen molar-refractivity contribution < 1.29 is 33.6 Å². The molecule has 1 atom stereocenters. The summed E-state index contributed by atoms with van der Waals surface area (Å²) in [6, 6.07) is 3.04. The van der Waals surface area contributed by atoms with Crippen LogP contribution in [0.4, 0.5) is 0 Å². The minimum absolute atomic E-state index is 0.0240. The van der Waals surface area contributed by atoms with Crippen molar-refractivity contribution in [1.29, 1.82) is 0 Å². The molecule has 3 rings (SSSR count). The summed E-state index contributed by atoms with van der Waals surface area (Å²) in [5.41, 5.74) is -0.752. The second kappa shape index (κ2) is 7.81. The lowest BCUT2D eigenvalue weighted by atomic mass is 9.87. The van der Waals surface area contributed by atoms with E-state index in [0.29, 0.717) is 17.1 Å². The fourth-order valence-corrected chi connectivity index (χ4v) is 3.22. The van der Waals surface area contributed by atoms with Gasteiger partial charge < -0.3 is 29.0 Å². The molecule has 1 aliphatic heterocycles. The number of rotatable bonds is 5. The number of pyridine rings is 1. The van der Waals surface area contributed by atoms with Crippen molar-refractivity contribution >= 4 is 23.5 Å². The van der Waals surface area contributed by atoms with E-state index in [9.17, 15) is 19.5 Å². The molecule has 0 saturated heterocycles. The molecule has 2 heterocycles. The molecule has 148 valence electrons. The molecular formula is C18H16ClNO8. The zero-order valence-corrected chi connectivity index (χ0v) is 15.7. The molecule has 0 saturated carbocycles. The van der Waals surface area contributed by atoms with Crippen LogP contribution in [-0.4, -0.2) is 43.0 Å². The molecule has 10 heteroatoms. The van der Waals surface area contributed by atoms with Gasteiger partial charge in [-0.3, -0.25) is 9.59 Å². The smallest absolute Gasteiger partial charge is 0.343 e. The van der Waals surface area contributed by atoms with E-state index in [1.165, 1.54) is 13.2 Å². The molecule has 28 heavy (non-hydrogen) atoms. The normalized spacial score (nSPS) is 13.1. The average molecular weight is 410 g/mol. The molecule has 2 N–H and O–H groups in total. The lowest BCUT2D eigenvalue weighted by Gasteiger charge is -2.19. The molecule has 0 unspecified atom stereocenters. The summed E-state index contributed by atoms with van der Waals surface area (Å²) >= 11 is 6.22. The van der Waals surface area contributed by atoms with Crippen molar-refractivity contribution in [2.75, 3.05) is 21.0 Å². The first-order valence-corrected chi connectivity index (χ1v) is 8.43. The summed E-state index contributed by atoms with van der Waals surface area (Å²) in [5, 5.41) is 10.8. The number of halogens is 1. The van der Waals surface area contributed by atoms with Crippen molar-refractivity contribution in [2.24, 2.45) is 0 Å². The Morgan fingerprint density at radius 1 is 1.29 bits per heavy atom. The minimum Gasteiger partial charge on any atom is -0.506 e. The number of fused-ring (bicyclic) bond motifs is 1. The van der Waals surface area contributed by atoms with Gasteiger partial charge in [-0.1, -0.05) is 11.6 Å². The molecule has 0 radical (unpaired) electrons. The van der Waals surface area contributed by atoms with E-state index in [2.05, 4.69) is 9.72 Å². The Balaban J connectivity index is 2.20. The van der Waals surface area contributed by atoms with Crippen LogP contribution in [0.3, 0.4) is 0 Å². The molecule has 1 aromatic heterocycles. The third-order valence-corrected chi connectivity index (χ3v) is 4.59. The highest BCUT2D eigenvalue weighted by Gasteiger charge is 2.30. The van der Waals surface area contributed by atoms with Crippen LogP contribution in [0.25, 0.3) is 0 Å². The number of H-pyrrole nitrogens is 1. The maximum absolute atomic E-state index is 12.5. The number of carbonyl (C=O) groups is 2. The number of benzene rings is 1. The number of nitrogens with one attached hydrogen (secondary N) is 1. The molecule has 0 fully saturated rings. The molecule has 2 aromatic rings. The molecule has 9 nitrogen and oxygen atoms in total. The van der Waals surface area contributed by atoms with Gasteiger partial charge in [-0.25, -0.2) is 4.79 Å². The zero-order valence-electron chi connectivity index (χ0n) is 14.9. The van der Waals surface area contributed by atoms with E-state index in [4.69, 9.17) is 25.8 Å². The van der Waals surface area contributed by atoms with E-state index >= 15 is 0 Å². The monoisotopic (exact) mass is 409 g/mol. The predicted molar refractivity (Wildman–Crippen MR) is 96.1 cm³/mol. The van der Waals surface area contributed by atoms with Gasteiger partial charge in [0.25, 0.3) is 5.56 Å². The highest BCUT2D eigenvalue weighted by atomic mass is 35.5. The standard InChI is InChI=1S/C18H16ClNO8/c1-25-13(21)5-9(8-3-11(19)16-12(4-8)27-7-28-16)14-15(22)10(18(24)26-2)6-20-17(14)23/h3-4,6,9H,5,7H2,1-2H3,(H2,20,22,23)/t9-/m0/s1. The number of hydrogen-bond donors (Lipinski definition) is 2. The Hall–Kier alpha value is -3.20. The first-order chi connectivity index (χ1) is 13.4. The Bertz CT molecular complexity index is 1000. The summed E-state index contributed by atoms with van der Waals surface area (Å²) in [7, 11) is 2.33. The third kappa shape index (κ3) is 3.48.